The minimum atomic E-state index is -3.79. The van der Waals surface area contributed by atoms with Crippen LogP contribution in [0.3, 0.4) is 0 Å². The Labute approximate surface area is 226 Å². The number of amides is 2. The maximum absolute atomic E-state index is 13.2. The molecular formula is C25H41BN4O7S. The zero-order valence-corrected chi connectivity index (χ0v) is 24.7. The van der Waals surface area contributed by atoms with E-state index in [9.17, 15) is 18.0 Å². The highest BCUT2D eigenvalue weighted by atomic mass is 32.2. The van der Waals surface area contributed by atoms with Gasteiger partial charge in [0.25, 0.3) is 0 Å². The van der Waals surface area contributed by atoms with Gasteiger partial charge in [-0.1, -0.05) is 13.8 Å². The molecule has 1 aromatic heterocycles. The van der Waals surface area contributed by atoms with Gasteiger partial charge < -0.3 is 24.3 Å². The predicted octanol–water partition coefficient (Wildman–Crippen LogP) is 1.95. The van der Waals surface area contributed by atoms with E-state index in [-0.39, 0.29) is 35.2 Å². The second-order valence-electron chi connectivity index (χ2n) is 12.5. The summed E-state index contributed by atoms with van der Waals surface area (Å²) < 4.78 is 43.4. The molecule has 1 aromatic rings. The van der Waals surface area contributed by atoms with Crippen molar-refractivity contribution in [3.63, 3.8) is 0 Å². The van der Waals surface area contributed by atoms with Crippen LogP contribution < -0.4 is 10.8 Å². The van der Waals surface area contributed by atoms with Crippen molar-refractivity contribution >= 4 is 34.4 Å². The molecule has 0 radical (unpaired) electrons. The van der Waals surface area contributed by atoms with Crippen LogP contribution in [0.25, 0.3) is 0 Å². The van der Waals surface area contributed by atoms with Gasteiger partial charge in [0.05, 0.1) is 17.0 Å². The van der Waals surface area contributed by atoms with E-state index < -0.39 is 45.9 Å². The topological polar surface area (TPSA) is 137 Å². The zero-order chi connectivity index (χ0) is 28.7. The third-order valence-electron chi connectivity index (χ3n) is 7.11. The van der Waals surface area contributed by atoms with E-state index in [0.29, 0.717) is 18.4 Å². The Hall–Kier alpha value is -2.25. The first-order chi connectivity index (χ1) is 17.3. The second kappa shape index (κ2) is 10.7. The van der Waals surface area contributed by atoms with Crippen LogP contribution >= 0.6 is 0 Å². The first kappa shape index (κ1) is 30.3. The quantitative estimate of drug-likeness (QED) is 0.398. The Bertz CT molecular complexity index is 1120. The van der Waals surface area contributed by atoms with Crippen molar-refractivity contribution in [1.82, 2.24) is 20.2 Å². The Kier molecular flexibility index (Phi) is 8.55. The van der Waals surface area contributed by atoms with Crippen LogP contribution in [-0.2, 0) is 28.7 Å². The number of sulfone groups is 1. The van der Waals surface area contributed by atoms with E-state index in [2.05, 4.69) is 15.3 Å². The average molecular weight is 553 g/mol. The summed E-state index contributed by atoms with van der Waals surface area (Å²) in [6.07, 6.45) is 2.70. The lowest BCUT2D eigenvalue weighted by Gasteiger charge is -2.32. The number of nitrogens with one attached hydrogen (secondary N) is 1. The third kappa shape index (κ3) is 7.03. The number of hydrogen-bond donors (Lipinski definition) is 1. The number of ether oxygens (including phenoxy) is 1. The highest BCUT2D eigenvalue weighted by Crippen LogP contribution is 2.36. The third-order valence-corrected chi connectivity index (χ3v) is 8.79. The highest BCUT2D eigenvalue weighted by Gasteiger charge is 2.52. The fourth-order valence-corrected chi connectivity index (χ4v) is 5.75. The molecule has 2 fully saturated rings. The monoisotopic (exact) mass is 552 g/mol. The molecule has 0 aromatic carbocycles. The molecule has 13 heteroatoms. The molecule has 212 valence electrons. The minimum Gasteiger partial charge on any atom is -0.444 e. The molecule has 0 saturated carbocycles. The lowest BCUT2D eigenvalue weighted by atomic mass is 9.81. The molecule has 0 unspecified atom stereocenters. The van der Waals surface area contributed by atoms with Crippen molar-refractivity contribution in [1.29, 1.82) is 0 Å². The standard InChI is InChI=1S/C25H41BN4O7S/c1-16(2)19(29-22(32)35-23(3,4)5)20(31)30-11-10-17(14-30)15-38(33,34)21-27-12-18(13-28-21)26-36-24(6,7)25(8,9)37-26/h12-13,16-17,19H,10-11,14-15H2,1-9H3,(H,29,32)/t17-,19-/m0/s1. The normalized spacial score (nSPS) is 22.0. The maximum Gasteiger partial charge on any atom is 0.498 e. The van der Waals surface area contributed by atoms with E-state index in [1.807, 2.05) is 41.5 Å². The summed E-state index contributed by atoms with van der Waals surface area (Å²) in [5.74, 6) is -0.884. The van der Waals surface area contributed by atoms with E-state index in [4.69, 9.17) is 14.0 Å². The SMILES string of the molecule is CC(C)[C@H](NC(=O)OC(C)(C)C)C(=O)N1CC[C@H](CS(=O)(=O)c2ncc(B3OC(C)(C)C(C)(C)O3)cn2)C1. The first-order valence-corrected chi connectivity index (χ1v) is 14.7. The number of likely N-dealkylation sites (tertiary alicyclic amines) is 1. The summed E-state index contributed by atoms with van der Waals surface area (Å²) in [4.78, 5) is 35.2. The molecule has 2 aliphatic rings. The second-order valence-corrected chi connectivity index (χ2v) is 14.4. The number of carbonyl (C=O) groups is 2. The predicted molar refractivity (Wildman–Crippen MR) is 142 cm³/mol. The summed E-state index contributed by atoms with van der Waals surface area (Å²) in [5.41, 5.74) is -1.22. The van der Waals surface area contributed by atoms with Crippen molar-refractivity contribution < 1.29 is 32.1 Å². The van der Waals surface area contributed by atoms with Crippen molar-refractivity contribution in [2.24, 2.45) is 11.8 Å². The summed E-state index contributed by atoms with van der Waals surface area (Å²) in [7, 11) is -4.47. The van der Waals surface area contributed by atoms with Gasteiger partial charge in [0.1, 0.15) is 11.6 Å². The molecule has 0 spiro atoms. The van der Waals surface area contributed by atoms with Gasteiger partial charge in [-0.25, -0.2) is 23.2 Å². The first-order valence-electron chi connectivity index (χ1n) is 13.0. The van der Waals surface area contributed by atoms with Crippen LogP contribution in [0.15, 0.2) is 17.6 Å². The Morgan fingerprint density at radius 1 is 1.16 bits per heavy atom. The average Bonchev–Trinajstić information content (AvgIpc) is 3.31. The largest absolute Gasteiger partial charge is 0.498 e. The van der Waals surface area contributed by atoms with E-state index in [0.717, 1.165) is 0 Å². The number of hydrogen-bond acceptors (Lipinski definition) is 9. The molecule has 3 heterocycles. The molecule has 38 heavy (non-hydrogen) atoms. The van der Waals surface area contributed by atoms with Crippen LogP contribution in [0.2, 0.25) is 0 Å². The fraction of sp³-hybridized carbons (Fsp3) is 0.760. The van der Waals surface area contributed by atoms with Crippen molar-refractivity contribution in [3.8, 4) is 0 Å². The van der Waals surface area contributed by atoms with Crippen molar-refractivity contribution in [3.05, 3.63) is 12.4 Å². The van der Waals surface area contributed by atoms with Gasteiger partial charge in [-0.3, -0.25) is 4.79 Å². The number of aromatic nitrogens is 2. The van der Waals surface area contributed by atoms with Gasteiger partial charge in [0.2, 0.25) is 20.9 Å². The fourth-order valence-electron chi connectivity index (χ4n) is 4.29. The lowest BCUT2D eigenvalue weighted by Crippen LogP contribution is -2.51. The smallest absolute Gasteiger partial charge is 0.444 e. The van der Waals surface area contributed by atoms with Crippen LogP contribution in [0.4, 0.5) is 4.79 Å². The van der Waals surface area contributed by atoms with E-state index >= 15 is 0 Å². The van der Waals surface area contributed by atoms with Crippen molar-refractivity contribution in [2.45, 2.75) is 96.7 Å². The van der Waals surface area contributed by atoms with Crippen LogP contribution in [0, 0.1) is 11.8 Å². The maximum atomic E-state index is 13.2. The summed E-state index contributed by atoms with van der Waals surface area (Å²) in [5, 5.41) is 2.40. The van der Waals surface area contributed by atoms with Crippen LogP contribution in [-0.4, -0.2) is 84.1 Å². The zero-order valence-electron chi connectivity index (χ0n) is 23.9. The molecule has 2 atom stereocenters. The molecule has 1 N–H and O–H groups in total. The van der Waals surface area contributed by atoms with Gasteiger partial charge in [-0.2, -0.15) is 0 Å². The summed E-state index contributed by atoms with van der Waals surface area (Å²) in [6.45, 7) is 17.3. The van der Waals surface area contributed by atoms with Gasteiger partial charge in [0.15, 0.2) is 0 Å². The molecule has 2 aliphatic heterocycles. The molecule has 0 bridgehead atoms. The molecule has 3 rings (SSSR count). The number of nitrogens with zero attached hydrogens (tertiary/aromatic N) is 3. The number of rotatable bonds is 7. The Morgan fingerprint density at radius 3 is 2.21 bits per heavy atom. The number of alkyl carbamates (subject to hydrolysis) is 1. The number of carbonyl (C=O) groups excluding carboxylic acids is 2. The molecule has 0 aliphatic carbocycles. The van der Waals surface area contributed by atoms with E-state index in [1.165, 1.54) is 12.4 Å². The molecule has 2 amide bonds. The molecule has 11 nitrogen and oxygen atoms in total. The summed E-state index contributed by atoms with van der Waals surface area (Å²) >= 11 is 0. The van der Waals surface area contributed by atoms with Gasteiger partial charge in [-0.05, 0) is 66.7 Å². The summed E-state index contributed by atoms with van der Waals surface area (Å²) in [6, 6.07) is -0.772. The van der Waals surface area contributed by atoms with Gasteiger partial charge >= 0.3 is 13.2 Å². The van der Waals surface area contributed by atoms with Crippen LogP contribution in [0.5, 0.6) is 0 Å². The van der Waals surface area contributed by atoms with Crippen LogP contribution in [0.1, 0.15) is 68.7 Å². The van der Waals surface area contributed by atoms with E-state index in [1.54, 1.807) is 25.7 Å². The van der Waals surface area contributed by atoms with Crippen molar-refractivity contribution in [2.75, 3.05) is 18.8 Å². The molecular weight excluding hydrogens is 511 g/mol. The molecule has 2 saturated heterocycles. The Balaban J connectivity index is 1.61. The minimum absolute atomic E-state index is 0.173. The lowest BCUT2D eigenvalue weighted by molar-refractivity contribution is -0.133. The van der Waals surface area contributed by atoms with Gasteiger partial charge in [0, 0.05) is 30.9 Å². The van der Waals surface area contributed by atoms with Gasteiger partial charge in [-0.15, -0.1) is 0 Å². The Morgan fingerprint density at radius 2 is 1.71 bits per heavy atom. The highest BCUT2D eigenvalue weighted by molar-refractivity contribution is 7.91.